The van der Waals surface area contributed by atoms with Gasteiger partial charge < -0.3 is 5.32 Å². The first-order valence-electron chi connectivity index (χ1n) is 13.6. The monoisotopic (exact) mass is 648 g/mol. The van der Waals surface area contributed by atoms with E-state index in [-0.39, 0.29) is 39.3 Å². The number of nitrogens with zero attached hydrogens (tertiary/aromatic N) is 9. The Labute approximate surface area is 255 Å². The van der Waals surface area contributed by atoms with Crippen molar-refractivity contribution in [2.45, 2.75) is 51.0 Å². The lowest BCUT2D eigenvalue weighted by molar-refractivity contribution is -0.141. The molecule has 0 radical (unpaired) electrons. The molecule has 12 nitrogen and oxygen atoms in total. The lowest BCUT2D eigenvalue weighted by atomic mass is 9.96. The molecule has 45 heavy (non-hydrogen) atoms. The van der Waals surface area contributed by atoms with Crippen LogP contribution in [0.2, 0.25) is 5.02 Å². The standard InChI is InChI=1S/C27H22ClF5N10O2/c1-13-3-2-4-19(17-7-14(5-6-34-17)22-18(38-24(13)44)10-37-43(22)26(29)30)41-12-36-21(25(41)45)16-8-15(28)9-35-23(16)42-11-20(39-40-42)27(31,32)33/h5-13,19,21,26H,2-4H2,1H3,(H,38,44)/t13-,19+,21?/m1/s1. The van der Waals surface area contributed by atoms with E-state index in [9.17, 15) is 31.5 Å². The molecule has 3 atom stereocenters. The number of rotatable bonds is 4. The number of halogens is 6. The van der Waals surface area contributed by atoms with E-state index in [0.717, 1.165) is 10.9 Å². The average Bonchev–Trinajstić information content (AvgIpc) is 3.74. The van der Waals surface area contributed by atoms with E-state index in [2.05, 4.69) is 35.7 Å². The average molecular weight is 649 g/mol. The summed E-state index contributed by atoms with van der Waals surface area (Å²) in [5, 5.41) is 13.2. The highest BCUT2D eigenvalue weighted by atomic mass is 35.5. The molecule has 234 valence electrons. The van der Waals surface area contributed by atoms with Gasteiger partial charge in [0.05, 0.1) is 46.9 Å². The minimum Gasteiger partial charge on any atom is -0.323 e. The van der Waals surface area contributed by atoms with E-state index in [1.165, 1.54) is 41.8 Å². The number of fused-ring (bicyclic) bond motifs is 4. The minimum atomic E-state index is -4.76. The first kappa shape index (κ1) is 30.2. The third-order valence-electron chi connectivity index (χ3n) is 7.52. The zero-order chi connectivity index (χ0) is 32.0. The summed E-state index contributed by atoms with van der Waals surface area (Å²) in [5.74, 6) is -1.58. The summed E-state index contributed by atoms with van der Waals surface area (Å²) < 4.78 is 68.8. The Morgan fingerprint density at radius 3 is 2.64 bits per heavy atom. The van der Waals surface area contributed by atoms with Crippen molar-refractivity contribution in [3.63, 3.8) is 0 Å². The fourth-order valence-electron chi connectivity index (χ4n) is 5.29. The molecule has 2 amide bonds. The molecule has 6 rings (SSSR count). The van der Waals surface area contributed by atoms with Crippen molar-refractivity contribution < 1.29 is 31.5 Å². The molecule has 0 aromatic carbocycles. The molecule has 0 aliphatic carbocycles. The van der Waals surface area contributed by atoms with Crippen molar-refractivity contribution in [2.75, 3.05) is 5.32 Å². The Morgan fingerprint density at radius 2 is 1.91 bits per heavy atom. The van der Waals surface area contributed by atoms with Crippen LogP contribution in [0.25, 0.3) is 17.1 Å². The molecule has 0 saturated carbocycles. The van der Waals surface area contributed by atoms with E-state index >= 15 is 0 Å². The predicted molar refractivity (Wildman–Crippen MR) is 148 cm³/mol. The number of aliphatic imine (C=N–C) groups is 1. The number of hydrogen-bond acceptors (Lipinski definition) is 8. The number of hydrogen-bond donors (Lipinski definition) is 1. The Balaban J connectivity index is 1.38. The van der Waals surface area contributed by atoms with Gasteiger partial charge in [-0.15, -0.1) is 5.10 Å². The van der Waals surface area contributed by atoms with Crippen molar-refractivity contribution in [3.8, 4) is 17.1 Å². The van der Waals surface area contributed by atoms with Crippen LogP contribution in [0.5, 0.6) is 0 Å². The highest BCUT2D eigenvalue weighted by Crippen LogP contribution is 2.39. The van der Waals surface area contributed by atoms with Gasteiger partial charge in [-0.2, -0.15) is 27.1 Å². The lowest BCUT2D eigenvalue weighted by Crippen LogP contribution is -2.33. The highest BCUT2D eigenvalue weighted by Gasteiger charge is 2.39. The van der Waals surface area contributed by atoms with Crippen molar-refractivity contribution in [1.82, 2.24) is 39.6 Å². The first-order valence-corrected chi connectivity index (χ1v) is 13.9. The fourth-order valence-corrected chi connectivity index (χ4v) is 5.45. The summed E-state index contributed by atoms with van der Waals surface area (Å²) in [5.41, 5.74) is -0.478. The van der Waals surface area contributed by atoms with E-state index in [1.54, 1.807) is 6.92 Å². The molecular weight excluding hydrogens is 627 g/mol. The van der Waals surface area contributed by atoms with Crippen LogP contribution < -0.4 is 5.32 Å². The molecule has 0 fully saturated rings. The van der Waals surface area contributed by atoms with Crippen molar-refractivity contribution in [3.05, 3.63) is 65.0 Å². The molecule has 6 heterocycles. The van der Waals surface area contributed by atoms with Gasteiger partial charge in [-0.3, -0.25) is 24.5 Å². The van der Waals surface area contributed by atoms with Gasteiger partial charge in [-0.05, 0) is 31.0 Å². The minimum absolute atomic E-state index is 0.0338. The van der Waals surface area contributed by atoms with Crippen molar-refractivity contribution >= 4 is 35.4 Å². The number of pyridine rings is 2. The van der Waals surface area contributed by atoms with Crippen LogP contribution >= 0.6 is 11.6 Å². The highest BCUT2D eigenvalue weighted by molar-refractivity contribution is 6.30. The number of nitrogens with one attached hydrogen (secondary N) is 1. The first-order chi connectivity index (χ1) is 21.4. The second-order valence-corrected chi connectivity index (χ2v) is 10.9. The zero-order valence-corrected chi connectivity index (χ0v) is 23.9. The quantitative estimate of drug-likeness (QED) is 0.293. The molecule has 1 unspecified atom stereocenters. The van der Waals surface area contributed by atoms with E-state index in [4.69, 9.17) is 11.6 Å². The normalized spacial score (nSPS) is 20.6. The lowest BCUT2D eigenvalue weighted by Gasteiger charge is -2.27. The molecule has 4 aromatic rings. The fraction of sp³-hybridized carbons (Fsp3) is 0.333. The van der Waals surface area contributed by atoms with Crippen LogP contribution in [0.3, 0.4) is 0 Å². The van der Waals surface area contributed by atoms with E-state index < -0.39 is 42.3 Å². The summed E-state index contributed by atoms with van der Waals surface area (Å²) in [4.78, 5) is 41.1. The zero-order valence-electron chi connectivity index (χ0n) is 23.2. The Bertz CT molecular complexity index is 1810. The summed E-state index contributed by atoms with van der Waals surface area (Å²) in [7, 11) is 0. The van der Waals surface area contributed by atoms with Gasteiger partial charge in [-0.1, -0.05) is 30.2 Å². The van der Waals surface area contributed by atoms with E-state index in [1.807, 2.05) is 0 Å². The van der Waals surface area contributed by atoms with Gasteiger partial charge in [0, 0.05) is 29.4 Å². The van der Waals surface area contributed by atoms with Crippen LogP contribution in [0.4, 0.5) is 27.6 Å². The van der Waals surface area contributed by atoms with Crippen LogP contribution in [0.1, 0.15) is 61.8 Å². The van der Waals surface area contributed by atoms with Gasteiger partial charge in [0.15, 0.2) is 17.6 Å². The van der Waals surface area contributed by atoms with Crippen LogP contribution in [-0.2, 0) is 15.8 Å². The summed E-state index contributed by atoms with van der Waals surface area (Å²) in [6, 6.07) is 2.38. The molecule has 2 bridgehead atoms. The Morgan fingerprint density at radius 1 is 1.11 bits per heavy atom. The topological polar surface area (TPSA) is 136 Å². The SMILES string of the molecule is C[C@@H]1CCC[C@H](N2C=NC(c3cc(Cl)cnc3-n3cc(C(F)(F)F)nn3)C2=O)c2cc(ccn2)-c2c(cnn2C(F)F)NC1=O. The molecule has 18 heteroatoms. The molecule has 4 aromatic heterocycles. The summed E-state index contributed by atoms with van der Waals surface area (Å²) in [6.45, 7) is -1.31. The Hall–Kier alpha value is -4.80. The number of aromatic nitrogens is 7. The number of anilines is 1. The second-order valence-electron chi connectivity index (χ2n) is 10.5. The number of carbonyl (C=O) groups is 2. The third-order valence-corrected chi connectivity index (χ3v) is 7.72. The van der Waals surface area contributed by atoms with Gasteiger partial charge in [0.2, 0.25) is 5.91 Å². The van der Waals surface area contributed by atoms with E-state index in [0.29, 0.717) is 35.8 Å². The summed E-state index contributed by atoms with van der Waals surface area (Å²) >= 11 is 6.16. The molecular formula is C27H22ClF5N10O2. The maximum absolute atomic E-state index is 14.0. The molecule has 2 aliphatic heterocycles. The van der Waals surface area contributed by atoms with Gasteiger partial charge in [0.1, 0.15) is 0 Å². The van der Waals surface area contributed by atoms with Gasteiger partial charge in [0.25, 0.3) is 5.91 Å². The number of alkyl halides is 5. The van der Waals surface area contributed by atoms with Crippen LogP contribution in [0.15, 0.2) is 48.0 Å². The third kappa shape index (κ3) is 5.74. The maximum Gasteiger partial charge on any atom is 0.436 e. The summed E-state index contributed by atoms with van der Waals surface area (Å²) in [6.07, 6.45) is 2.10. The largest absolute Gasteiger partial charge is 0.436 e. The van der Waals surface area contributed by atoms with Crippen LogP contribution in [0, 0.1) is 5.92 Å². The number of amides is 2. The van der Waals surface area contributed by atoms with Crippen molar-refractivity contribution in [2.24, 2.45) is 10.9 Å². The predicted octanol–water partition coefficient (Wildman–Crippen LogP) is 5.40. The molecule has 0 spiro atoms. The molecule has 1 N–H and O–H groups in total. The Kier molecular flexibility index (Phi) is 7.80. The van der Waals surface area contributed by atoms with Gasteiger partial charge in [-0.25, -0.2) is 14.3 Å². The maximum atomic E-state index is 14.0. The second kappa shape index (κ2) is 11.6. The van der Waals surface area contributed by atoms with Gasteiger partial charge >= 0.3 is 12.7 Å². The molecule has 0 saturated heterocycles. The van der Waals surface area contributed by atoms with Crippen molar-refractivity contribution in [1.29, 1.82) is 0 Å². The molecule has 2 aliphatic rings. The smallest absolute Gasteiger partial charge is 0.323 e. The number of carbonyl (C=O) groups excluding carboxylic acids is 2. The van der Waals surface area contributed by atoms with Crippen LogP contribution in [-0.4, -0.2) is 57.8 Å².